The van der Waals surface area contributed by atoms with Crippen molar-refractivity contribution < 1.29 is 26.7 Å². The summed E-state index contributed by atoms with van der Waals surface area (Å²) in [6.45, 7) is -0.559. The molecule has 1 heterocycles. The van der Waals surface area contributed by atoms with Gasteiger partial charge in [0.2, 0.25) is 5.91 Å². The lowest BCUT2D eigenvalue weighted by molar-refractivity contribution is -0.138. The van der Waals surface area contributed by atoms with Gasteiger partial charge in [-0.05, 0) is 18.1 Å². The van der Waals surface area contributed by atoms with Crippen molar-refractivity contribution in [3.8, 4) is 0 Å². The van der Waals surface area contributed by atoms with Crippen molar-refractivity contribution in [2.45, 2.75) is 42.9 Å². The van der Waals surface area contributed by atoms with E-state index in [1.54, 1.807) is 0 Å². The molecule has 0 radical (unpaired) electrons. The van der Waals surface area contributed by atoms with E-state index in [0.717, 1.165) is 6.07 Å². The Labute approximate surface area is 141 Å². The van der Waals surface area contributed by atoms with E-state index in [2.05, 4.69) is 10.6 Å². The van der Waals surface area contributed by atoms with Crippen LogP contribution in [0.5, 0.6) is 0 Å². The van der Waals surface area contributed by atoms with Crippen molar-refractivity contribution in [2.24, 2.45) is 0 Å². The maximum Gasteiger partial charge on any atom is 0.416 e. The zero-order valence-corrected chi connectivity index (χ0v) is 13.2. The number of nitrogens with one attached hydrogen (secondary N) is 2. The highest BCUT2D eigenvalue weighted by molar-refractivity contribution is 5.85. The van der Waals surface area contributed by atoms with E-state index in [0.29, 0.717) is 6.42 Å². The van der Waals surface area contributed by atoms with Crippen LogP contribution in [0.15, 0.2) is 24.3 Å². The van der Waals surface area contributed by atoms with Crippen LogP contribution in [-0.4, -0.2) is 30.5 Å². The summed E-state index contributed by atoms with van der Waals surface area (Å²) in [6, 6.07) is 3.78. The lowest BCUT2D eigenvalue weighted by atomic mass is 10.0. The summed E-state index contributed by atoms with van der Waals surface area (Å²) in [6.07, 6.45) is -4.67. The number of carbonyl (C=O) groups excluding carboxylic acids is 1. The molecular weight excluding hydrogens is 355 g/mol. The number of hydrogen-bond acceptors (Lipinski definition) is 2. The Hall–Kier alpha value is -1.41. The molecule has 1 saturated heterocycles. The highest BCUT2D eigenvalue weighted by atomic mass is 35.5. The standard InChI is InChI=1S/C15H15F5N2O.ClH/c16-14(17)6-12(21-7-14)13(23)22-11-5-9(11)8-3-1-2-4-10(8)15(18,19)20;/h1-4,9,11-12,21H,5-7H2,(H,22,23);1H. The van der Waals surface area contributed by atoms with Crippen LogP contribution in [0, 0.1) is 0 Å². The predicted molar refractivity (Wildman–Crippen MR) is 79.3 cm³/mol. The number of alkyl halides is 5. The molecule has 0 aromatic heterocycles. The van der Waals surface area contributed by atoms with Crippen LogP contribution in [0.3, 0.4) is 0 Å². The molecule has 0 spiro atoms. The van der Waals surface area contributed by atoms with E-state index in [4.69, 9.17) is 0 Å². The Morgan fingerprint density at radius 2 is 1.92 bits per heavy atom. The molecule has 3 atom stereocenters. The highest BCUT2D eigenvalue weighted by Crippen LogP contribution is 2.46. The van der Waals surface area contributed by atoms with E-state index in [9.17, 15) is 26.7 Å². The van der Waals surface area contributed by atoms with Gasteiger partial charge in [-0.15, -0.1) is 12.4 Å². The third-order valence-corrected chi connectivity index (χ3v) is 4.21. The average molecular weight is 371 g/mol. The van der Waals surface area contributed by atoms with Gasteiger partial charge in [-0.3, -0.25) is 10.1 Å². The molecule has 134 valence electrons. The maximum atomic E-state index is 13.1. The number of halogens is 6. The summed E-state index contributed by atoms with van der Waals surface area (Å²) < 4.78 is 65.1. The van der Waals surface area contributed by atoms with E-state index in [1.165, 1.54) is 18.2 Å². The van der Waals surface area contributed by atoms with Gasteiger partial charge in [0.15, 0.2) is 0 Å². The molecule has 1 amide bonds. The lowest BCUT2D eigenvalue weighted by Crippen LogP contribution is -2.41. The third-order valence-electron chi connectivity index (χ3n) is 4.21. The summed E-state index contributed by atoms with van der Waals surface area (Å²) in [5.74, 6) is -3.94. The molecule has 1 saturated carbocycles. The second-order valence-corrected chi connectivity index (χ2v) is 6.04. The molecule has 0 bridgehead atoms. The molecule has 1 aliphatic carbocycles. The highest BCUT2D eigenvalue weighted by Gasteiger charge is 2.47. The summed E-state index contributed by atoms with van der Waals surface area (Å²) in [5, 5.41) is 4.99. The maximum absolute atomic E-state index is 13.1. The van der Waals surface area contributed by atoms with Crippen LogP contribution in [0.25, 0.3) is 0 Å². The zero-order chi connectivity index (χ0) is 16.8. The fraction of sp³-hybridized carbons (Fsp3) is 0.533. The Morgan fingerprint density at radius 1 is 1.25 bits per heavy atom. The van der Waals surface area contributed by atoms with Gasteiger partial charge in [0.1, 0.15) is 0 Å². The van der Waals surface area contributed by atoms with Gasteiger partial charge >= 0.3 is 6.18 Å². The van der Waals surface area contributed by atoms with Crippen LogP contribution >= 0.6 is 12.4 Å². The molecule has 2 N–H and O–H groups in total. The van der Waals surface area contributed by atoms with Crippen molar-refractivity contribution in [1.82, 2.24) is 10.6 Å². The van der Waals surface area contributed by atoms with Gasteiger partial charge in [-0.2, -0.15) is 13.2 Å². The number of carbonyl (C=O) groups is 1. The first-order chi connectivity index (χ1) is 10.7. The van der Waals surface area contributed by atoms with Crippen molar-refractivity contribution in [3.05, 3.63) is 35.4 Å². The minimum atomic E-state index is -4.46. The van der Waals surface area contributed by atoms with E-state index >= 15 is 0 Å². The largest absolute Gasteiger partial charge is 0.416 e. The average Bonchev–Trinajstić information content (AvgIpc) is 3.12. The molecule has 1 aromatic rings. The van der Waals surface area contributed by atoms with Crippen LogP contribution in [0.2, 0.25) is 0 Å². The summed E-state index contributed by atoms with van der Waals surface area (Å²) >= 11 is 0. The lowest BCUT2D eigenvalue weighted by Gasteiger charge is -2.14. The SMILES string of the molecule is Cl.O=C(NC1CC1c1ccccc1C(F)(F)F)C1CC(F)(F)CN1. The molecule has 2 aliphatic rings. The first-order valence-corrected chi connectivity index (χ1v) is 7.25. The first kappa shape index (κ1) is 18.9. The topological polar surface area (TPSA) is 41.1 Å². The number of rotatable bonds is 3. The monoisotopic (exact) mass is 370 g/mol. The number of benzene rings is 1. The molecule has 3 rings (SSSR count). The van der Waals surface area contributed by atoms with Crippen molar-refractivity contribution >= 4 is 18.3 Å². The number of amides is 1. The van der Waals surface area contributed by atoms with E-state index < -0.39 is 54.5 Å². The molecule has 2 fully saturated rings. The van der Waals surface area contributed by atoms with Gasteiger partial charge < -0.3 is 5.32 Å². The summed E-state index contributed by atoms with van der Waals surface area (Å²) in [4.78, 5) is 11.9. The Kier molecular flexibility index (Phi) is 5.11. The molecule has 1 aromatic carbocycles. The Morgan fingerprint density at radius 3 is 2.50 bits per heavy atom. The predicted octanol–water partition coefficient (Wildman–Crippen LogP) is 3.10. The number of hydrogen-bond donors (Lipinski definition) is 2. The third kappa shape index (κ3) is 3.97. The van der Waals surface area contributed by atoms with Crippen LogP contribution in [-0.2, 0) is 11.0 Å². The summed E-state index contributed by atoms with van der Waals surface area (Å²) in [7, 11) is 0. The Balaban J connectivity index is 0.00000208. The second-order valence-electron chi connectivity index (χ2n) is 6.04. The molecular formula is C15H16ClF5N2O. The molecule has 3 nitrogen and oxygen atoms in total. The molecule has 3 unspecified atom stereocenters. The minimum absolute atomic E-state index is 0. The van der Waals surface area contributed by atoms with Crippen molar-refractivity contribution in [1.29, 1.82) is 0 Å². The zero-order valence-electron chi connectivity index (χ0n) is 12.4. The second kappa shape index (κ2) is 6.48. The quantitative estimate of drug-likeness (QED) is 0.803. The van der Waals surface area contributed by atoms with E-state index in [-0.39, 0.29) is 18.0 Å². The Bertz CT molecular complexity index is 622. The van der Waals surface area contributed by atoms with Gasteiger partial charge in [0, 0.05) is 18.4 Å². The van der Waals surface area contributed by atoms with Crippen molar-refractivity contribution in [3.63, 3.8) is 0 Å². The summed E-state index contributed by atoms with van der Waals surface area (Å²) in [5.41, 5.74) is -0.581. The molecule has 24 heavy (non-hydrogen) atoms. The van der Waals surface area contributed by atoms with Gasteiger partial charge in [-0.1, -0.05) is 18.2 Å². The first-order valence-electron chi connectivity index (χ1n) is 7.25. The van der Waals surface area contributed by atoms with Crippen LogP contribution in [0.4, 0.5) is 22.0 Å². The molecule has 9 heteroatoms. The van der Waals surface area contributed by atoms with Crippen LogP contribution < -0.4 is 10.6 Å². The normalized spacial score (nSPS) is 28.1. The smallest absolute Gasteiger partial charge is 0.351 e. The minimum Gasteiger partial charge on any atom is -0.351 e. The van der Waals surface area contributed by atoms with Gasteiger partial charge in [-0.25, -0.2) is 8.78 Å². The fourth-order valence-corrected chi connectivity index (χ4v) is 2.96. The van der Waals surface area contributed by atoms with Gasteiger partial charge in [0.25, 0.3) is 5.92 Å². The fourth-order valence-electron chi connectivity index (χ4n) is 2.96. The molecule has 1 aliphatic heterocycles. The van der Waals surface area contributed by atoms with Crippen molar-refractivity contribution in [2.75, 3.05) is 6.54 Å². The van der Waals surface area contributed by atoms with Gasteiger partial charge in [0.05, 0.1) is 18.2 Å². The van der Waals surface area contributed by atoms with E-state index in [1.807, 2.05) is 0 Å². The van der Waals surface area contributed by atoms with Crippen LogP contribution in [0.1, 0.15) is 29.9 Å².